The van der Waals surface area contributed by atoms with E-state index in [9.17, 15) is 10.1 Å². The van der Waals surface area contributed by atoms with Crippen LogP contribution in [0.1, 0.15) is 33.1 Å². The molecule has 1 aromatic rings. The monoisotopic (exact) mass is 261 g/mol. The average Bonchev–Trinajstić information content (AvgIpc) is 2.38. The van der Waals surface area contributed by atoms with Gasteiger partial charge in [0.2, 0.25) is 0 Å². The SMILES string of the molecule is C[C@@H]1CCC[C@H](C)C1=NNc1cccc([N+](=O)[O-])c1. The van der Waals surface area contributed by atoms with Gasteiger partial charge in [0.25, 0.3) is 5.69 Å². The summed E-state index contributed by atoms with van der Waals surface area (Å²) >= 11 is 0. The second kappa shape index (κ2) is 5.82. The van der Waals surface area contributed by atoms with Crippen LogP contribution < -0.4 is 5.43 Å². The largest absolute Gasteiger partial charge is 0.278 e. The second-order valence-corrected chi connectivity index (χ2v) is 5.19. The smallest absolute Gasteiger partial charge is 0.271 e. The van der Waals surface area contributed by atoms with Gasteiger partial charge in [0.15, 0.2) is 0 Å². The molecule has 0 bridgehead atoms. The molecule has 2 rings (SSSR count). The van der Waals surface area contributed by atoms with Crippen LogP contribution in [0.5, 0.6) is 0 Å². The zero-order valence-corrected chi connectivity index (χ0v) is 11.3. The molecule has 0 radical (unpaired) electrons. The molecule has 0 aromatic heterocycles. The molecule has 0 unspecified atom stereocenters. The van der Waals surface area contributed by atoms with Crippen molar-refractivity contribution < 1.29 is 4.92 Å². The van der Waals surface area contributed by atoms with Crippen molar-refractivity contribution >= 4 is 17.1 Å². The summed E-state index contributed by atoms with van der Waals surface area (Å²) in [5.74, 6) is 0.963. The molecule has 5 heteroatoms. The molecule has 1 fully saturated rings. The van der Waals surface area contributed by atoms with Crippen LogP contribution in [0.4, 0.5) is 11.4 Å². The fourth-order valence-electron chi connectivity index (χ4n) is 2.55. The zero-order valence-electron chi connectivity index (χ0n) is 11.3. The molecular formula is C14H19N3O2. The average molecular weight is 261 g/mol. The Balaban J connectivity index is 2.12. The van der Waals surface area contributed by atoms with E-state index >= 15 is 0 Å². The number of nitro benzene ring substituents is 1. The summed E-state index contributed by atoms with van der Waals surface area (Å²) in [5, 5.41) is 15.2. The van der Waals surface area contributed by atoms with Gasteiger partial charge in [0, 0.05) is 17.8 Å². The molecule has 102 valence electrons. The highest BCUT2D eigenvalue weighted by atomic mass is 16.6. The van der Waals surface area contributed by atoms with Crippen LogP contribution in [-0.2, 0) is 0 Å². The highest BCUT2D eigenvalue weighted by Gasteiger charge is 2.22. The van der Waals surface area contributed by atoms with Crippen molar-refractivity contribution in [3.05, 3.63) is 34.4 Å². The third kappa shape index (κ3) is 3.30. The number of benzene rings is 1. The first-order chi connectivity index (χ1) is 9.08. The number of anilines is 1. The number of hydrazone groups is 1. The number of hydrogen-bond donors (Lipinski definition) is 1. The van der Waals surface area contributed by atoms with Gasteiger partial charge in [0.05, 0.1) is 10.6 Å². The fourth-order valence-corrected chi connectivity index (χ4v) is 2.55. The van der Waals surface area contributed by atoms with Crippen LogP contribution >= 0.6 is 0 Å². The first kappa shape index (κ1) is 13.5. The summed E-state index contributed by atoms with van der Waals surface area (Å²) in [4.78, 5) is 10.3. The molecule has 1 saturated carbocycles. The minimum atomic E-state index is -0.399. The van der Waals surface area contributed by atoms with Gasteiger partial charge >= 0.3 is 0 Å². The lowest BCUT2D eigenvalue weighted by Crippen LogP contribution is -2.25. The van der Waals surface area contributed by atoms with Crippen molar-refractivity contribution in [2.45, 2.75) is 33.1 Å². The highest BCUT2D eigenvalue weighted by molar-refractivity contribution is 5.89. The van der Waals surface area contributed by atoms with Gasteiger partial charge in [-0.15, -0.1) is 0 Å². The number of non-ortho nitro benzene ring substituents is 1. The van der Waals surface area contributed by atoms with Gasteiger partial charge in [-0.3, -0.25) is 15.5 Å². The van der Waals surface area contributed by atoms with Crippen molar-refractivity contribution in [2.75, 3.05) is 5.43 Å². The van der Waals surface area contributed by atoms with E-state index in [1.807, 2.05) is 0 Å². The lowest BCUT2D eigenvalue weighted by molar-refractivity contribution is -0.384. The van der Waals surface area contributed by atoms with Crippen LogP contribution in [0.2, 0.25) is 0 Å². The van der Waals surface area contributed by atoms with Gasteiger partial charge in [0.1, 0.15) is 0 Å². The lowest BCUT2D eigenvalue weighted by atomic mass is 9.81. The summed E-state index contributed by atoms with van der Waals surface area (Å²) in [7, 11) is 0. The van der Waals surface area contributed by atoms with E-state index in [1.165, 1.54) is 31.4 Å². The van der Waals surface area contributed by atoms with Gasteiger partial charge in [-0.25, -0.2) is 0 Å². The standard InChI is InChI=1S/C14H19N3O2/c1-10-5-3-6-11(2)14(10)16-15-12-7-4-8-13(9-12)17(18)19/h4,7-11,15H,3,5-6H2,1-2H3/t10-,11+. The molecule has 0 aliphatic heterocycles. The maximum atomic E-state index is 10.7. The summed E-state index contributed by atoms with van der Waals surface area (Å²) in [6.07, 6.45) is 3.58. The quantitative estimate of drug-likeness (QED) is 0.664. The molecule has 1 aliphatic carbocycles. The summed E-state index contributed by atoms with van der Waals surface area (Å²) in [6.45, 7) is 4.37. The van der Waals surface area contributed by atoms with Crippen molar-refractivity contribution in [1.29, 1.82) is 0 Å². The topological polar surface area (TPSA) is 67.5 Å². The number of nitro groups is 1. The third-order valence-corrected chi connectivity index (χ3v) is 3.66. The Morgan fingerprint density at radius 3 is 2.63 bits per heavy atom. The van der Waals surface area contributed by atoms with E-state index in [4.69, 9.17) is 0 Å². The van der Waals surface area contributed by atoms with E-state index in [1.54, 1.807) is 12.1 Å². The molecule has 0 spiro atoms. The Kier molecular flexibility index (Phi) is 4.14. The second-order valence-electron chi connectivity index (χ2n) is 5.19. The number of nitrogens with zero attached hydrogens (tertiary/aromatic N) is 2. The van der Waals surface area contributed by atoms with E-state index in [0.717, 1.165) is 5.71 Å². The summed E-state index contributed by atoms with van der Waals surface area (Å²) in [5.41, 5.74) is 4.86. The molecular weight excluding hydrogens is 242 g/mol. The fraction of sp³-hybridized carbons (Fsp3) is 0.500. The molecule has 1 N–H and O–H groups in total. The van der Waals surface area contributed by atoms with Gasteiger partial charge in [-0.1, -0.05) is 26.3 Å². The maximum absolute atomic E-state index is 10.7. The molecule has 0 heterocycles. The molecule has 1 aliphatic rings. The van der Waals surface area contributed by atoms with Gasteiger partial charge < -0.3 is 0 Å². The Morgan fingerprint density at radius 2 is 2.00 bits per heavy atom. The van der Waals surface area contributed by atoms with E-state index < -0.39 is 4.92 Å². The zero-order chi connectivity index (χ0) is 13.8. The Hall–Kier alpha value is -1.91. The molecule has 0 saturated heterocycles. The minimum Gasteiger partial charge on any atom is -0.278 e. The molecule has 19 heavy (non-hydrogen) atoms. The Morgan fingerprint density at radius 1 is 1.32 bits per heavy atom. The predicted octanol–water partition coefficient (Wildman–Crippen LogP) is 3.82. The molecule has 0 amide bonds. The Bertz CT molecular complexity index is 487. The number of hydrogen-bond acceptors (Lipinski definition) is 4. The van der Waals surface area contributed by atoms with Crippen LogP contribution in [0.15, 0.2) is 29.4 Å². The summed E-state index contributed by atoms with van der Waals surface area (Å²) in [6, 6.07) is 6.43. The van der Waals surface area contributed by atoms with Crippen molar-refractivity contribution in [3.63, 3.8) is 0 Å². The van der Waals surface area contributed by atoms with Crippen molar-refractivity contribution in [2.24, 2.45) is 16.9 Å². The predicted molar refractivity (Wildman–Crippen MR) is 76.3 cm³/mol. The van der Waals surface area contributed by atoms with Crippen LogP contribution in [0.25, 0.3) is 0 Å². The maximum Gasteiger partial charge on any atom is 0.271 e. The van der Waals surface area contributed by atoms with Crippen LogP contribution in [0.3, 0.4) is 0 Å². The Labute approximate surface area is 112 Å². The molecule has 1 aromatic carbocycles. The van der Waals surface area contributed by atoms with E-state index in [2.05, 4.69) is 24.4 Å². The lowest BCUT2D eigenvalue weighted by Gasteiger charge is -2.26. The van der Waals surface area contributed by atoms with Crippen molar-refractivity contribution in [3.8, 4) is 0 Å². The van der Waals surface area contributed by atoms with Crippen LogP contribution in [0, 0.1) is 22.0 Å². The van der Waals surface area contributed by atoms with E-state index in [-0.39, 0.29) is 5.69 Å². The van der Waals surface area contributed by atoms with Crippen LogP contribution in [-0.4, -0.2) is 10.6 Å². The number of rotatable bonds is 3. The van der Waals surface area contributed by atoms with E-state index in [0.29, 0.717) is 17.5 Å². The first-order valence-corrected chi connectivity index (χ1v) is 6.66. The first-order valence-electron chi connectivity index (χ1n) is 6.66. The van der Waals surface area contributed by atoms with Crippen molar-refractivity contribution in [1.82, 2.24) is 0 Å². The van der Waals surface area contributed by atoms with Gasteiger partial charge in [-0.05, 0) is 30.7 Å². The number of nitrogens with one attached hydrogen (secondary N) is 1. The van der Waals surface area contributed by atoms with Gasteiger partial charge in [-0.2, -0.15) is 5.10 Å². The third-order valence-electron chi connectivity index (χ3n) is 3.66. The highest BCUT2D eigenvalue weighted by Crippen LogP contribution is 2.26. The molecule has 2 atom stereocenters. The minimum absolute atomic E-state index is 0.0786. The molecule has 5 nitrogen and oxygen atoms in total. The summed E-state index contributed by atoms with van der Waals surface area (Å²) < 4.78 is 0. The normalized spacial score (nSPS) is 25.3.